The molecule has 1 aliphatic rings. The maximum absolute atomic E-state index is 11.4. The number of ether oxygens (including phenoxy) is 1. The summed E-state index contributed by atoms with van der Waals surface area (Å²) in [6, 6.07) is 6.65. The molecule has 1 aliphatic heterocycles. The molecule has 78 valence electrons. The van der Waals surface area contributed by atoms with Crippen molar-refractivity contribution in [3.63, 3.8) is 0 Å². The number of rotatable bonds is 1. The van der Waals surface area contributed by atoms with Crippen LogP contribution in [0.4, 0.5) is 0 Å². The van der Waals surface area contributed by atoms with Gasteiger partial charge in [-0.1, -0.05) is 18.2 Å². The summed E-state index contributed by atoms with van der Waals surface area (Å²) in [5.41, 5.74) is 0.886. The zero-order chi connectivity index (χ0) is 11.0. The second-order valence-electron chi connectivity index (χ2n) is 3.51. The van der Waals surface area contributed by atoms with Gasteiger partial charge in [0.25, 0.3) is 0 Å². The number of carbonyl (C=O) groups excluding carboxylic acids is 1. The van der Waals surface area contributed by atoms with E-state index in [2.05, 4.69) is 0 Å². The Morgan fingerprint density at radius 3 is 2.73 bits per heavy atom. The first-order valence-electron chi connectivity index (χ1n) is 4.64. The van der Waals surface area contributed by atoms with Crippen LogP contribution in [0, 0.1) is 0 Å². The molecule has 2 rings (SSSR count). The number of benzene rings is 1. The minimum Gasteiger partial charge on any atom is -0.481 e. The topological polar surface area (TPSA) is 63.6 Å². The molecule has 4 nitrogen and oxygen atoms in total. The third kappa shape index (κ3) is 1.48. The van der Waals surface area contributed by atoms with E-state index in [9.17, 15) is 9.59 Å². The molecule has 1 N–H and O–H groups in total. The van der Waals surface area contributed by atoms with Crippen molar-refractivity contribution in [3.05, 3.63) is 35.4 Å². The van der Waals surface area contributed by atoms with Gasteiger partial charge in [-0.15, -0.1) is 0 Å². The van der Waals surface area contributed by atoms with Crippen LogP contribution in [0.3, 0.4) is 0 Å². The fraction of sp³-hybridized carbons (Fsp3) is 0.273. The molecule has 0 saturated heterocycles. The molecule has 15 heavy (non-hydrogen) atoms. The molecule has 1 aromatic rings. The lowest BCUT2D eigenvalue weighted by Gasteiger charge is -2.27. The lowest BCUT2D eigenvalue weighted by Crippen LogP contribution is -2.34. The van der Waals surface area contributed by atoms with E-state index in [4.69, 9.17) is 9.84 Å². The molecule has 0 fully saturated rings. The van der Waals surface area contributed by atoms with E-state index in [1.165, 1.54) is 0 Å². The predicted molar refractivity (Wildman–Crippen MR) is 51.7 cm³/mol. The van der Waals surface area contributed by atoms with Crippen LogP contribution in [-0.4, -0.2) is 23.1 Å². The van der Waals surface area contributed by atoms with Gasteiger partial charge in [-0.3, -0.25) is 4.79 Å². The Bertz CT molecular complexity index is 424. The molecule has 0 spiro atoms. The molecule has 0 saturated carbocycles. The van der Waals surface area contributed by atoms with Gasteiger partial charge in [-0.2, -0.15) is 0 Å². The summed E-state index contributed by atoms with van der Waals surface area (Å²) in [5.74, 6) is -2.18. The van der Waals surface area contributed by atoms with E-state index in [0.29, 0.717) is 11.1 Å². The van der Waals surface area contributed by atoms with Crippen LogP contribution >= 0.6 is 0 Å². The second-order valence-corrected chi connectivity index (χ2v) is 3.51. The molecule has 1 aromatic carbocycles. The first-order chi connectivity index (χ1) is 7.11. The summed E-state index contributed by atoms with van der Waals surface area (Å²) in [6.45, 7) is 1.59. The van der Waals surface area contributed by atoms with E-state index in [-0.39, 0.29) is 0 Å². The molecule has 4 heteroatoms. The lowest BCUT2D eigenvalue weighted by molar-refractivity contribution is -0.141. The van der Waals surface area contributed by atoms with Crippen molar-refractivity contribution in [3.8, 4) is 0 Å². The molecule has 0 radical (unpaired) electrons. The summed E-state index contributed by atoms with van der Waals surface area (Å²) in [4.78, 5) is 22.5. The van der Waals surface area contributed by atoms with Gasteiger partial charge in [-0.25, -0.2) is 4.79 Å². The highest BCUT2D eigenvalue weighted by atomic mass is 16.5. The molecule has 0 aromatic heterocycles. The SMILES string of the molecule is CC1OC(=O)c2ccccc2[C@H]1C(=O)O. The predicted octanol–water partition coefficient (Wildman–Crippen LogP) is 1.41. The van der Waals surface area contributed by atoms with Gasteiger partial charge in [0.1, 0.15) is 12.0 Å². The Hall–Kier alpha value is -1.84. The number of carbonyl (C=O) groups is 2. The average molecular weight is 206 g/mol. The number of hydrogen-bond donors (Lipinski definition) is 1. The molecule has 1 unspecified atom stereocenters. The highest BCUT2D eigenvalue weighted by Gasteiger charge is 2.37. The fourth-order valence-corrected chi connectivity index (χ4v) is 1.84. The van der Waals surface area contributed by atoms with Gasteiger partial charge in [-0.05, 0) is 18.6 Å². The van der Waals surface area contributed by atoms with Crippen molar-refractivity contribution in [2.45, 2.75) is 18.9 Å². The number of carboxylic acid groups (broad SMARTS) is 1. The van der Waals surface area contributed by atoms with Gasteiger partial charge in [0.15, 0.2) is 0 Å². The van der Waals surface area contributed by atoms with Crippen molar-refractivity contribution in [1.29, 1.82) is 0 Å². The number of cyclic esters (lactones) is 1. The minimum absolute atomic E-state index is 0.350. The van der Waals surface area contributed by atoms with Gasteiger partial charge < -0.3 is 9.84 Å². The molecular weight excluding hydrogens is 196 g/mol. The van der Waals surface area contributed by atoms with E-state index < -0.39 is 24.0 Å². The normalized spacial score (nSPS) is 24.2. The lowest BCUT2D eigenvalue weighted by atomic mass is 9.88. The summed E-state index contributed by atoms with van der Waals surface area (Å²) in [5, 5.41) is 9.05. The Morgan fingerprint density at radius 1 is 1.40 bits per heavy atom. The first-order valence-corrected chi connectivity index (χ1v) is 4.64. The van der Waals surface area contributed by atoms with Crippen LogP contribution in [-0.2, 0) is 9.53 Å². The summed E-state index contributed by atoms with van der Waals surface area (Å²) in [7, 11) is 0. The highest BCUT2D eigenvalue weighted by molar-refractivity contribution is 5.95. The van der Waals surface area contributed by atoms with E-state index in [1.807, 2.05) is 0 Å². The summed E-state index contributed by atoms with van der Waals surface area (Å²) < 4.78 is 4.97. The third-order valence-electron chi connectivity index (χ3n) is 2.54. The Labute approximate surface area is 86.5 Å². The number of carboxylic acids is 1. The quantitative estimate of drug-likeness (QED) is 0.705. The molecule has 1 heterocycles. The van der Waals surface area contributed by atoms with Crippen LogP contribution in [0.5, 0.6) is 0 Å². The summed E-state index contributed by atoms with van der Waals surface area (Å²) in [6.07, 6.45) is -0.620. The Balaban J connectivity index is 2.56. The Morgan fingerprint density at radius 2 is 2.07 bits per heavy atom. The van der Waals surface area contributed by atoms with Crippen LogP contribution in [0.15, 0.2) is 24.3 Å². The minimum atomic E-state index is -0.970. The molecule has 0 bridgehead atoms. The molecular formula is C11H10O4. The van der Waals surface area contributed by atoms with Crippen LogP contribution in [0.25, 0.3) is 0 Å². The van der Waals surface area contributed by atoms with Crippen molar-refractivity contribution in [2.75, 3.05) is 0 Å². The van der Waals surface area contributed by atoms with Gasteiger partial charge >= 0.3 is 11.9 Å². The first kappa shape index (κ1) is 9.71. The molecule has 0 amide bonds. The zero-order valence-corrected chi connectivity index (χ0v) is 8.14. The van der Waals surface area contributed by atoms with Gasteiger partial charge in [0.2, 0.25) is 0 Å². The maximum atomic E-state index is 11.4. The monoisotopic (exact) mass is 206 g/mol. The Kier molecular flexibility index (Phi) is 2.19. The fourth-order valence-electron chi connectivity index (χ4n) is 1.84. The summed E-state index contributed by atoms with van der Waals surface area (Å²) >= 11 is 0. The maximum Gasteiger partial charge on any atom is 0.338 e. The van der Waals surface area contributed by atoms with E-state index >= 15 is 0 Å². The van der Waals surface area contributed by atoms with Gasteiger partial charge in [0.05, 0.1) is 5.56 Å². The van der Waals surface area contributed by atoms with Crippen LogP contribution in [0.1, 0.15) is 28.8 Å². The van der Waals surface area contributed by atoms with Crippen molar-refractivity contribution in [1.82, 2.24) is 0 Å². The zero-order valence-electron chi connectivity index (χ0n) is 8.14. The molecule has 2 atom stereocenters. The highest BCUT2D eigenvalue weighted by Crippen LogP contribution is 2.31. The third-order valence-corrected chi connectivity index (χ3v) is 2.54. The van der Waals surface area contributed by atoms with Crippen molar-refractivity contribution in [2.24, 2.45) is 0 Å². The van der Waals surface area contributed by atoms with Crippen LogP contribution < -0.4 is 0 Å². The van der Waals surface area contributed by atoms with E-state index in [1.54, 1.807) is 31.2 Å². The number of hydrogen-bond acceptors (Lipinski definition) is 3. The molecule has 0 aliphatic carbocycles. The number of aliphatic carboxylic acids is 1. The largest absolute Gasteiger partial charge is 0.481 e. The van der Waals surface area contributed by atoms with Gasteiger partial charge in [0, 0.05) is 0 Å². The smallest absolute Gasteiger partial charge is 0.338 e. The average Bonchev–Trinajstić information content (AvgIpc) is 2.17. The van der Waals surface area contributed by atoms with Crippen molar-refractivity contribution >= 4 is 11.9 Å². The standard InChI is InChI=1S/C11H10O4/c1-6-9(10(12)13)7-4-2-3-5-8(7)11(14)15-6/h2-6,9H,1H3,(H,12,13)/t6?,9-/m0/s1. The van der Waals surface area contributed by atoms with E-state index in [0.717, 1.165) is 0 Å². The van der Waals surface area contributed by atoms with Crippen molar-refractivity contribution < 1.29 is 19.4 Å². The number of esters is 1. The number of fused-ring (bicyclic) bond motifs is 1. The van der Waals surface area contributed by atoms with Crippen LogP contribution in [0.2, 0.25) is 0 Å². The second kappa shape index (κ2) is 3.38.